The molecule has 4 nitrogen and oxygen atoms in total. The number of rotatable bonds is 7. The molecule has 0 heterocycles. The van der Waals surface area contributed by atoms with E-state index in [1.165, 1.54) is 12.1 Å². The minimum atomic E-state index is -0.406. The average Bonchev–Trinajstić information content (AvgIpc) is 2.47. The van der Waals surface area contributed by atoms with Crippen LogP contribution in [0.3, 0.4) is 0 Å². The molecule has 0 fully saturated rings. The van der Waals surface area contributed by atoms with Crippen molar-refractivity contribution in [1.29, 1.82) is 0 Å². The second-order valence-electron chi connectivity index (χ2n) is 5.12. The minimum Gasteiger partial charge on any atom is -0.299 e. The lowest BCUT2D eigenvalue weighted by molar-refractivity contribution is 0.0953. The molecule has 0 aliphatic carbocycles. The molecule has 0 aromatic heterocycles. The number of hydrazine groups is 1. The maximum atomic E-state index is 13.9. The topological polar surface area (TPSA) is 58.4 Å². The standard InChI is InChI=1S/C15H24FN3O/c1-4-11(3)9-19(5-2)10-13-8-12(15(20)18-17)6-7-14(13)16/h6-8,11H,4-5,9-10,17H2,1-3H3,(H,18,20). The largest absolute Gasteiger partial charge is 0.299 e. The Balaban J connectivity index is 2.86. The van der Waals surface area contributed by atoms with E-state index in [0.29, 0.717) is 23.6 Å². The van der Waals surface area contributed by atoms with Crippen molar-refractivity contribution in [2.75, 3.05) is 13.1 Å². The number of hydrogen-bond donors (Lipinski definition) is 2. The summed E-state index contributed by atoms with van der Waals surface area (Å²) in [6.07, 6.45) is 1.09. The Bertz CT molecular complexity index is 451. The molecule has 0 bridgehead atoms. The molecular formula is C15H24FN3O. The van der Waals surface area contributed by atoms with E-state index in [1.54, 1.807) is 6.07 Å². The smallest absolute Gasteiger partial charge is 0.265 e. The predicted octanol–water partition coefficient (Wildman–Crippen LogP) is 2.30. The number of carbonyl (C=O) groups is 1. The van der Waals surface area contributed by atoms with E-state index in [4.69, 9.17) is 5.84 Å². The van der Waals surface area contributed by atoms with Crippen LogP contribution in [0, 0.1) is 11.7 Å². The summed E-state index contributed by atoms with van der Waals surface area (Å²) >= 11 is 0. The first-order valence-corrected chi connectivity index (χ1v) is 7.03. The van der Waals surface area contributed by atoms with Gasteiger partial charge in [0, 0.05) is 24.2 Å². The molecule has 112 valence electrons. The molecule has 1 aromatic rings. The molecule has 0 aliphatic heterocycles. The van der Waals surface area contributed by atoms with Gasteiger partial charge in [-0.1, -0.05) is 27.2 Å². The molecule has 0 spiro atoms. The summed E-state index contributed by atoms with van der Waals surface area (Å²) in [6, 6.07) is 4.32. The third-order valence-corrected chi connectivity index (χ3v) is 3.55. The fourth-order valence-corrected chi connectivity index (χ4v) is 2.04. The SMILES string of the molecule is CCC(C)CN(CC)Cc1cc(C(=O)NN)ccc1F. The Kier molecular flexibility index (Phi) is 6.61. The van der Waals surface area contributed by atoms with E-state index in [9.17, 15) is 9.18 Å². The van der Waals surface area contributed by atoms with Gasteiger partial charge in [-0.05, 0) is 30.7 Å². The second-order valence-corrected chi connectivity index (χ2v) is 5.12. The molecule has 0 saturated heterocycles. The number of nitrogens with two attached hydrogens (primary N) is 1. The van der Waals surface area contributed by atoms with Crippen LogP contribution >= 0.6 is 0 Å². The van der Waals surface area contributed by atoms with Crippen LogP contribution in [0.1, 0.15) is 43.1 Å². The van der Waals surface area contributed by atoms with Crippen LogP contribution in [0.2, 0.25) is 0 Å². The van der Waals surface area contributed by atoms with Crippen molar-refractivity contribution in [2.24, 2.45) is 11.8 Å². The van der Waals surface area contributed by atoms with E-state index >= 15 is 0 Å². The van der Waals surface area contributed by atoms with Crippen molar-refractivity contribution in [1.82, 2.24) is 10.3 Å². The van der Waals surface area contributed by atoms with Crippen molar-refractivity contribution in [3.05, 3.63) is 35.1 Å². The molecule has 1 amide bonds. The molecule has 0 saturated carbocycles. The zero-order valence-electron chi connectivity index (χ0n) is 12.4. The summed E-state index contributed by atoms with van der Waals surface area (Å²) in [5, 5.41) is 0. The van der Waals surface area contributed by atoms with E-state index in [-0.39, 0.29) is 5.82 Å². The fourth-order valence-electron chi connectivity index (χ4n) is 2.04. The van der Waals surface area contributed by atoms with Crippen LogP contribution in [0.4, 0.5) is 4.39 Å². The van der Waals surface area contributed by atoms with Gasteiger partial charge in [-0.3, -0.25) is 15.1 Å². The van der Waals surface area contributed by atoms with Gasteiger partial charge >= 0.3 is 0 Å². The lowest BCUT2D eigenvalue weighted by atomic mass is 10.1. The average molecular weight is 281 g/mol. The van der Waals surface area contributed by atoms with Crippen LogP contribution in [0.25, 0.3) is 0 Å². The Morgan fingerprint density at radius 1 is 1.45 bits per heavy atom. The van der Waals surface area contributed by atoms with Gasteiger partial charge in [-0.2, -0.15) is 0 Å². The van der Waals surface area contributed by atoms with E-state index < -0.39 is 5.91 Å². The Morgan fingerprint density at radius 3 is 2.70 bits per heavy atom. The molecule has 1 unspecified atom stereocenters. The van der Waals surface area contributed by atoms with Crippen LogP contribution in [0.15, 0.2) is 18.2 Å². The number of nitrogen functional groups attached to an aromatic ring is 1. The third kappa shape index (κ3) is 4.58. The molecule has 1 atom stereocenters. The van der Waals surface area contributed by atoms with Crippen LogP contribution in [-0.4, -0.2) is 23.9 Å². The normalized spacial score (nSPS) is 12.5. The summed E-state index contributed by atoms with van der Waals surface area (Å²) in [5.74, 6) is 4.97. The van der Waals surface area contributed by atoms with Crippen molar-refractivity contribution in [3.63, 3.8) is 0 Å². The van der Waals surface area contributed by atoms with Gasteiger partial charge in [0.05, 0.1) is 0 Å². The van der Waals surface area contributed by atoms with Gasteiger partial charge in [0.1, 0.15) is 5.82 Å². The summed E-state index contributed by atoms with van der Waals surface area (Å²) in [7, 11) is 0. The first-order valence-electron chi connectivity index (χ1n) is 7.03. The Labute approximate surface area is 120 Å². The van der Waals surface area contributed by atoms with Crippen molar-refractivity contribution in [2.45, 2.75) is 33.7 Å². The molecule has 1 aromatic carbocycles. The van der Waals surface area contributed by atoms with Crippen molar-refractivity contribution >= 4 is 5.91 Å². The molecule has 0 aliphatic rings. The first-order chi connectivity index (χ1) is 9.51. The van der Waals surface area contributed by atoms with Crippen LogP contribution < -0.4 is 11.3 Å². The Morgan fingerprint density at radius 2 is 2.15 bits per heavy atom. The summed E-state index contributed by atoms with van der Waals surface area (Å²) in [4.78, 5) is 13.7. The van der Waals surface area contributed by atoms with Crippen LogP contribution in [0.5, 0.6) is 0 Å². The quantitative estimate of drug-likeness (QED) is 0.458. The highest BCUT2D eigenvalue weighted by Gasteiger charge is 2.13. The van der Waals surface area contributed by atoms with E-state index in [2.05, 4.69) is 31.1 Å². The second kappa shape index (κ2) is 7.97. The fraction of sp³-hybridized carbons (Fsp3) is 0.533. The van der Waals surface area contributed by atoms with Gasteiger partial charge in [0.15, 0.2) is 0 Å². The van der Waals surface area contributed by atoms with Crippen molar-refractivity contribution < 1.29 is 9.18 Å². The van der Waals surface area contributed by atoms with Gasteiger partial charge in [-0.25, -0.2) is 10.2 Å². The Hall–Kier alpha value is -1.46. The number of amides is 1. The number of carbonyl (C=O) groups excluding carboxylic acids is 1. The highest BCUT2D eigenvalue weighted by atomic mass is 19.1. The van der Waals surface area contributed by atoms with Gasteiger partial charge < -0.3 is 0 Å². The number of nitrogens with zero attached hydrogens (tertiary/aromatic N) is 1. The molecule has 5 heteroatoms. The van der Waals surface area contributed by atoms with Gasteiger partial charge in [-0.15, -0.1) is 0 Å². The highest BCUT2D eigenvalue weighted by molar-refractivity contribution is 5.93. The minimum absolute atomic E-state index is 0.291. The van der Waals surface area contributed by atoms with Gasteiger partial charge in [0.25, 0.3) is 5.91 Å². The van der Waals surface area contributed by atoms with E-state index in [1.807, 2.05) is 0 Å². The third-order valence-electron chi connectivity index (χ3n) is 3.55. The molecule has 20 heavy (non-hydrogen) atoms. The lowest BCUT2D eigenvalue weighted by Crippen LogP contribution is -2.31. The summed E-state index contributed by atoms with van der Waals surface area (Å²) < 4.78 is 13.9. The zero-order valence-corrected chi connectivity index (χ0v) is 12.4. The number of benzene rings is 1. The highest BCUT2D eigenvalue weighted by Crippen LogP contribution is 2.15. The molecule has 0 radical (unpaired) electrons. The number of nitrogens with one attached hydrogen (secondary N) is 1. The maximum absolute atomic E-state index is 13.9. The number of hydrogen-bond acceptors (Lipinski definition) is 3. The van der Waals surface area contributed by atoms with Crippen molar-refractivity contribution in [3.8, 4) is 0 Å². The zero-order chi connectivity index (χ0) is 15.1. The lowest BCUT2D eigenvalue weighted by Gasteiger charge is -2.24. The first kappa shape index (κ1) is 16.6. The molecular weight excluding hydrogens is 257 g/mol. The monoisotopic (exact) mass is 281 g/mol. The molecule has 3 N–H and O–H groups in total. The van der Waals surface area contributed by atoms with Gasteiger partial charge in [0.2, 0.25) is 0 Å². The predicted molar refractivity (Wildman–Crippen MR) is 78.5 cm³/mol. The molecule has 1 rings (SSSR count). The number of halogens is 1. The van der Waals surface area contributed by atoms with E-state index in [0.717, 1.165) is 19.5 Å². The maximum Gasteiger partial charge on any atom is 0.265 e. The van der Waals surface area contributed by atoms with Crippen LogP contribution in [-0.2, 0) is 6.54 Å². The summed E-state index contributed by atoms with van der Waals surface area (Å²) in [6.45, 7) is 8.63. The summed E-state index contributed by atoms with van der Waals surface area (Å²) in [5.41, 5.74) is 2.96.